The van der Waals surface area contributed by atoms with E-state index in [1.807, 2.05) is 29.6 Å². The second-order valence-corrected chi connectivity index (χ2v) is 7.81. The highest BCUT2D eigenvalue weighted by Crippen LogP contribution is 2.25. The van der Waals surface area contributed by atoms with Crippen LogP contribution in [-0.4, -0.2) is 26.5 Å². The standard InChI is InChI=1S/C18H21N5OS2/c1-3-12(2)13-6-8-14(9-7-13)20-16(24)11-26-18-22-21-17(23(18)19)15-5-4-10-25-15/h4-10,12H,3,11,19H2,1-2H3,(H,20,24)/t12-/m0/s1. The predicted octanol–water partition coefficient (Wildman–Crippen LogP) is 3.96. The van der Waals surface area contributed by atoms with Crippen molar-refractivity contribution in [3.63, 3.8) is 0 Å². The van der Waals surface area contributed by atoms with E-state index in [-0.39, 0.29) is 11.7 Å². The molecule has 2 aromatic heterocycles. The quantitative estimate of drug-likeness (QED) is 0.473. The van der Waals surface area contributed by atoms with Crippen LogP contribution in [-0.2, 0) is 4.79 Å². The van der Waals surface area contributed by atoms with Gasteiger partial charge in [0.25, 0.3) is 0 Å². The number of nitrogens with zero attached hydrogens (tertiary/aromatic N) is 3. The lowest BCUT2D eigenvalue weighted by Crippen LogP contribution is -2.16. The zero-order valence-corrected chi connectivity index (χ0v) is 16.3. The summed E-state index contributed by atoms with van der Waals surface area (Å²) >= 11 is 2.80. The number of anilines is 1. The van der Waals surface area contributed by atoms with Crippen LogP contribution >= 0.6 is 23.1 Å². The van der Waals surface area contributed by atoms with Gasteiger partial charge in [0, 0.05) is 5.69 Å². The van der Waals surface area contributed by atoms with Crippen molar-refractivity contribution in [3.8, 4) is 10.7 Å². The number of thiophene rings is 1. The summed E-state index contributed by atoms with van der Waals surface area (Å²) in [6, 6.07) is 11.8. The molecule has 1 atom stereocenters. The van der Waals surface area contributed by atoms with Crippen molar-refractivity contribution in [2.75, 3.05) is 16.9 Å². The number of aromatic nitrogens is 3. The Kier molecular flexibility index (Phi) is 5.95. The zero-order valence-electron chi connectivity index (χ0n) is 14.7. The minimum absolute atomic E-state index is 0.105. The molecule has 3 aromatic rings. The van der Waals surface area contributed by atoms with Gasteiger partial charge in [0.05, 0.1) is 10.6 Å². The van der Waals surface area contributed by atoms with E-state index in [1.165, 1.54) is 22.0 Å². The second-order valence-electron chi connectivity index (χ2n) is 5.92. The summed E-state index contributed by atoms with van der Waals surface area (Å²) in [6.45, 7) is 4.36. The van der Waals surface area contributed by atoms with E-state index < -0.39 is 0 Å². The van der Waals surface area contributed by atoms with E-state index >= 15 is 0 Å². The maximum absolute atomic E-state index is 12.2. The van der Waals surface area contributed by atoms with Gasteiger partial charge in [-0.1, -0.05) is 43.8 Å². The molecule has 26 heavy (non-hydrogen) atoms. The van der Waals surface area contributed by atoms with Crippen LogP contribution in [0.5, 0.6) is 0 Å². The summed E-state index contributed by atoms with van der Waals surface area (Å²) in [7, 11) is 0. The molecule has 0 saturated heterocycles. The van der Waals surface area contributed by atoms with Crippen molar-refractivity contribution in [1.29, 1.82) is 0 Å². The fourth-order valence-electron chi connectivity index (χ4n) is 2.41. The Balaban J connectivity index is 1.56. The molecule has 8 heteroatoms. The van der Waals surface area contributed by atoms with E-state index in [0.717, 1.165) is 17.0 Å². The number of hydrogen-bond donors (Lipinski definition) is 2. The fourth-order valence-corrected chi connectivity index (χ4v) is 3.77. The number of carbonyl (C=O) groups is 1. The Hall–Kier alpha value is -2.32. The van der Waals surface area contributed by atoms with Crippen molar-refractivity contribution in [2.45, 2.75) is 31.3 Å². The molecular formula is C18H21N5OS2. The Labute approximate surface area is 160 Å². The van der Waals surface area contributed by atoms with E-state index in [9.17, 15) is 4.79 Å². The molecule has 0 aliphatic heterocycles. The van der Waals surface area contributed by atoms with Gasteiger partial charge in [-0.15, -0.1) is 21.5 Å². The van der Waals surface area contributed by atoms with Crippen LogP contribution < -0.4 is 11.2 Å². The number of thioether (sulfide) groups is 1. The maximum Gasteiger partial charge on any atom is 0.234 e. The van der Waals surface area contributed by atoms with Gasteiger partial charge in [0.1, 0.15) is 0 Å². The average Bonchev–Trinajstić information content (AvgIpc) is 3.29. The lowest BCUT2D eigenvalue weighted by Gasteiger charge is -2.10. The van der Waals surface area contributed by atoms with Crippen molar-refractivity contribution in [3.05, 3.63) is 47.3 Å². The highest BCUT2D eigenvalue weighted by atomic mass is 32.2. The van der Waals surface area contributed by atoms with Gasteiger partial charge < -0.3 is 11.2 Å². The molecule has 2 heterocycles. The molecule has 0 bridgehead atoms. The van der Waals surface area contributed by atoms with E-state index in [4.69, 9.17) is 5.84 Å². The van der Waals surface area contributed by atoms with Crippen molar-refractivity contribution < 1.29 is 4.79 Å². The summed E-state index contributed by atoms with van der Waals surface area (Å²) in [4.78, 5) is 13.1. The molecule has 6 nitrogen and oxygen atoms in total. The zero-order chi connectivity index (χ0) is 18.5. The third-order valence-electron chi connectivity index (χ3n) is 4.11. The van der Waals surface area contributed by atoms with Crippen LogP contribution in [0.15, 0.2) is 46.9 Å². The van der Waals surface area contributed by atoms with Crippen LogP contribution in [0.25, 0.3) is 10.7 Å². The number of nitrogens with one attached hydrogen (secondary N) is 1. The van der Waals surface area contributed by atoms with Gasteiger partial charge in [-0.25, -0.2) is 4.68 Å². The molecule has 0 aliphatic rings. The number of rotatable bonds is 7. The summed E-state index contributed by atoms with van der Waals surface area (Å²) in [6.07, 6.45) is 1.09. The molecule has 3 N–H and O–H groups in total. The fraction of sp³-hybridized carbons (Fsp3) is 0.278. The molecule has 0 fully saturated rings. The van der Waals surface area contributed by atoms with Crippen LogP contribution in [0.2, 0.25) is 0 Å². The highest BCUT2D eigenvalue weighted by Gasteiger charge is 2.14. The number of amides is 1. The summed E-state index contributed by atoms with van der Waals surface area (Å²) in [5.41, 5.74) is 2.06. The van der Waals surface area contributed by atoms with Crippen molar-refractivity contribution >= 4 is 34.7 Å². The van der Waals surface area contributed by atoms with Crippen LogP contribution in [0.4, 0.5) is 5.69 Å². The van der Waals surface area contributed by atoms with Crippen molar-refractivity contribution in [1.82, 2.24) is 14.9 Å². The first-order valence-corrected chi connectivity index (χ1v) is 10.2. The largest absolute Gasteiger partial charge is 0.335 e. The van der Waals surface area contributed by atoms with Crippen LogP contribution in [0, 0.1) is 0 Å². The molecule has 1 amide bonds. The number of hydrogen-bond acceptors (Lipinski definition) is 6. The molecular weight excluding hydrogens is 366 g/mol. The predicted molar refractivity (Wildman–Crippen MR) is 108 cm³/mol. The summed E-state index contributed by atoms with van der Waals surface area (Å²) < 4.78 is 1.42. The molecule has 1 aromatic carbocycles. The van der Waals surface area contributed by atoms with Gasteiger partial charge in [0.2, 0.25) is 11.1 Å². The molecule has 0 aliphatic carbocycles. The lowest BCUT2D eigenvalue weighted by molar-refractivity contribution is -0.113. The Morgan fingerprint density at radius 2 is 2.08 bits per heavy atom. The van der Waals surface area contributed by atoms with Crippen LogP contribution in [0.1, 0.15) is 31.7 Å². The third-order valence-corrected chi connectivity index (χ3v) is 5.92. The lowest BCUT2D eigenvalue weighted by atomic mass is 9.99. The minimum atomic E-state index is -0.105. The molecule has 0 unspecified atom stereocenters. The Bertz CT molecular complexity index is 858. The van der Waals surface area contributed by atoms with Gasteiger partial charge in [0.15, 0.2) is 5.82 Å². The summed E-state index contributed by atoms with van der Waals surface area (Å²) in [5.74, 6) is 7.27. The van der Waals surface area contributed by atoms with Gasteiger partial charge >= 0.3 is 0 Å². The first-order chi connectivity index (χ1) is 12.6. The van der Waals surface area contributed by atoms with E-state index in [1.54, 1.807) is 11.3 Å². The monoisotopic (exact) mass is 387 g/mol. The van der Waals surface area contributed by atoms with Crippen molar-refractivity contribution in [2.24, 2.45) is 0 Å². The molecule has 0 saturated carbocycles. The van der Waals surface area contributed by atoms with E-state index in [2.05, 4.69) is 41.5 Å². The number of nitrogen functional groups attached to an aromatic ring is 1. The first-order valence-electron chi connectivity index (χ1n) is 8.35. The molecule has 0 spiro atoms. The SMILES string of the molecule is CC[C@H](C)c1ccc(NC(=O)CSc2nnc(-c3cccs3)n2N)cc1. The first kappa shape index (κ1) is 18.5. The van der Waals surface area contributed by atoms with Crippen LogP contribution in [0.3, 0.4) is 0 Å². The molecule has 0 radical (unpaired) electrons. The molecule has 3 rings (SSSR count). The normalized spacial score (nSPS) is 12.1. The second kappa shape index (κ2) is 8.37. The summed E-state index contributed by atoms with van der Waals surface area (Å²) in [5, 5.41) is 13.5. The van der Waals surface area contributed by atoms with Gasteiger partial charge in [-0.2, -0.15) is 0 Å². The maximum atomic E-state index is 12.2. The van der Waals surface area contributed by atoms with Gasteiger partial charge in [-0.05, 0) is 41.5 Å². The minimum Gasteiger partial charge on any atom is -0.335 e. The molecule has 136 valence electrons. The topological polar surface area (TPSA) is 85.8 Å². The van der Waals surface area contributed by atoms with Gasteiger partial charge in [-0.3, -0.25) is 4.79 Å². The highest BCUT2D eigenvalue weighted by molar-refractivity contribution is 7.99. The average molecular weight is 388 g/mol. The number of nitrogens with two attached hydrogens (primary N) is 1. The number of benzene rings is 1. The smallest absolute Gasteiger partial charge is 0.234 e. The Morgan fingerprint density at radius 1 is 1.31 bits per heavy atom. The Morgan fingerprint density at radius 3 is 2.73 bits per heavy atom. The number of carbonyl (C=O) groups excluding carboxylic acids is 1. The third kappa shape index (κ3) is 4.25. The van der Waals surface area contributed by atoms with E-state index in [0.29, 0.717) is 16.9 Å².